The summed E-state index contributed by atoms with van der Waals surface area (Å²) in [5.74, 6) is 0. The van der Waals surface area contributed by atoms with Crippen molar-refractivity contribution in [1.29, 1.82) is 0 Å². The van der Waals surface area contributed by atoms with E-state index in [-0.39, 0.29) is 16.2 Å². The largest absolute Gasteiger partial charge is 0.115 e. The molecule has 2 aliphatic heterocycles. The molecule has 0 unspecified atom stereocenters. The van der Waals surface area contributed by atoms with Crippen molar-refractivity contribution in [2.24, 2.45) is 0 Å². The fraction of sp³-hybridized carbons (Fsp3) is 0.208. The molecule has 0 saturated carbocycles. The lowest BCUT2D eigenvalue weighted by Gasteiger charge is -2.37. The molecular formula is C53H46S2Si. The van der Waals surface area contributed by atoms with E-state index in [0.717, 1.165) is 0 Å². The highest BCUT2D eigenvalue weighted by Gasteiger charge is 2.44. The Morgan fingerprint density at radius 2 is 0.929 bits per heavy atom. The molecule has 0 atom stereocenters. The predicted molar refractivity (Wildman–Crippen MR) is 242 cm³/mol. The molecule has 0 aromatic heterocycles. The van der Waals surface area contributed by atoms with E-state index < -0.39 is 8.07 Å². The van der Waals surface area contributed by atoms with Crippen LogP contribution in [0.1, 0.15) is 74.9 Å². The monoisotopic (exact) mass is 774 g/mol. The summed E-state index contributed by atoms with van der Waals surface area (Å²) in [7, 11) is -1.82. The summed E-state index contributed by atoms with van der Waals surface area (Å²) in [6.07, 6.45) is 0. The maximum absolute atomic E-state index is 2.53. The molecule has 4 aliphatic rings. The molecule has 0 fully saturated rings. The molecule has 7 aromatic carbocycles. The molecule has 7 aromatic rings. The summed E-state index contributed by atoms with van der Waals surface area (Å²) >= 11 is 3.99. The second kappa shape index (κ2) is 11.5. The van der Waals surface area contributed by atoms with E-state index in [4.69, 9.17) is 0 Å². The number of hydrogen-bond donors (Lipinski definition) is 0. The highest BCUT2D eigenvalue weighted by atomic mass is 32.2. The molecule has 0 saturated heterocycles. The van der Waals surface area contributed by atoms with Crippen LogP contribution in [-0.4, -0.2) is 8.07 Å². The first-order chi connectivity index (χ1) is 26.8. The van der Waals surface area contributed by atoms with Crippen molar-refractivity contribution in [2.45, 2.75) is 90.5 Å². The Morgan fingerprint density at radius 1 is 0.375 bits per heavy atom. The lowest BCUT2D eigenvalue weighted by molar-refractivity contribution is 0.605. The van der Waals surface area contributed by atoms with Crippen LogP contribution < -0.4 is 10.4 Å². The zero-order chi connectivity index (χ0) is 38.5. The van der Waals surface area contributed by atoms with Gasteiger partial charge in [0.2, 0.25) is 0 Å². The first-order valence-corrected chi connectivity index (χ1v) is 24.7. The van der Waals surface area contributed by atoms with E-state index in [2.05, 4.69) is 188 Å². The fourth-order valence-corrected chi connectivity index (χ4v) is 18.0. The van der Waals surface area contributed by atoms with Crippen LogP contribution in [0.5, 0.6) is 0 Å². The Labute approximate surface area is 341 Å². The Kier molecular flexibility index (Phi) is 7.14. The van der Waals surface area contributed by atoms with Gasteiger partial charge in [-0.15, -0.1) is 0 Å². The van der Waals surface area contributed by atoms with Gasteiger partial charge in [0.25, 0.3) is 0 Å². The van der Waals surface area contributed by atoms with Crippen molar-refractivity contribution in [1.82, 2.24) is 0 Å². The second-order valence-corrected chi connectivity index (χ2v) is 24.9. The highest BCUT2D eigenvalue weighted by molar-refractivity contribution is 8.00. The molecule has 0 bridgehead atoms. The second-order valence-electron chi connectivity index (χ2n) is 18.5. The smallest absolute Gasteiger partial charge is 0.0897 e. The van der Waals surface area contributed by atoms with Crippen molar-refractivity contribution in [3.05, 3.63) is 167 Å². The van der Waals surface area contributed by atoms with E-state index in [0.29, 0.717) is 0 Å². The van der Waals surface area contributed by atoms with Crippen LogP contribution >= 0.6 is 23.5 Å². The van der Waals surface area contributed by atoms with Gasteiger partial charge in [0, 0.05) is 41.4 Å². The lowest BCUT2D eigenvalue weighted by atomic mass is 9.75. The standard InChI is InChI=1S/C53H46S2Si/c1-51(2)37-16-10-9-14-35(37)46-38(51)26-27-41-49(46)55-48-34(15-13-17-40(48)53(41,5)6)32-22-20-31(21-23-32)33-24-25-36-42(30-33)52(3,4)39-28-29-45-50(47(36)39)54-43-18-11-12-19-44(43)56(45,7)8/h9-30H,1-8H3. The van der Waals surface area contributed by atoms with Crippen LogP contribution in [0.2, 0.25) is 13.1 Å². The Hall–Kier alpha value is -4.54. The molecule has 3 heteroatoms. The minimum Gasteiger partial charge on any atom is -0.0897 e. The van der Waals surface area contributed by atoms with Gasteiger partial charge in [-0.05, 0) is 94.8 Å². The van der Waals surface area contributed by atoms with Crippen LogP contribution in [0.25, 0.3) is 44.5 Å². The van der Waals surface area contributed by atoms with E-state index in [1.54, 1.807) is 10.4 Å². The molecular weight excluding hydrogens is 729 g/mol. The van der Waals surface area contributed by atoms with Crippen molar-refractivity contribution in [3.8, 4) is 44.5 Å². The maximum atomic E-state index is 2.53. The molecule has 2 aliphatic carbocycles. The van der Waals surface area contributed by atoms with Gasteiger partial charge >= 0.3 is 0 Å². The molecule has 0 N–H and O–H groups in total. The van der Waals surface area contributed by atoms with Crippen LogP contribution in [0, 0.1) is 0 Å². The molecule has 274 valence electrons. The predicted octanol–water partition coefficient (Wildman–Crippen LogP) is 13.7. The summed E-state index contributed by atoms with van der Waals surface area (Å²) in [6.45, 7) is 19.5. The van der Waals surface area contributed by atoms with E-state index >= 15 is 0 Å². The van der Waals surface area contributed by atoms with Gasteiger partial charge in [-0.2, -0.15) is 0 Å². The van der Waals surface area contributed by atoms with Crippen LogP contribution in [-0.2, 0) is 16.2 Å². The lowest BCUT2D eigenvalue weighted by Crippen LogP contribution is -2.56. The van der Waals surface area contributed by atoms with Gasteiger partial charge in [-0.25, -0.2) is 0 Å². The molecule has 0 amide bonds. The van der Waals surface area contributed by atoms with Crippen LogP contribution in [0.4, 0.5) is 0 Å². The average molecular weight is 775 g/mol. The molecule has 11 rings (SSSR count). The van der Waals surface area contributed by atoms with Crippen molar-refractivity contribution >= 4 is 42.0 Å². The summed E-state index contributed by atoms with van der Waals surface area (Å²) < 4.78 is 0. The normalized spacial score (nSPS) is 17.7. The average Bonchev–Trinajstić information content (AvgIpc) is 3.57. The third kappa shape index (κ3) is 4.51. The van der Waals surface area contributed by atoms with Crippen molar-refractivity contribution in [3.63, 3.8) is 0 Å². The van der Waals surface area contributed by atoms with E-state index in [1.807, 2.05) is 23.5 Å². The molecule has 0 spiro atoms. The Bertz CT molecular complexity index is 2850. The third-order valence-corrected chi connectivity index (χ3v) is 20.4. The van der Waals surface area contributed by atoms with Gasteiger partial charge < -0.3 is 0 Å². The first-order valence-electron chi connectivity index (χ1n) is 20.1. The molecule has 2 heterocycles. The minimum atomic E-state index is -1.82. The molecule has 0 nitrogen and oxygen atoms in total. The van der Waals surface area contributed by atoms with Crippen molar-refractivity contribution < 1.29 is 0 Å². The maximum Gasteiger partial charge on any atom is 0.115 e. The minimum absolute atomic E-state index is 0.0140. The summed E-state index contributed by atoms with van der Waals surface area (Å²) in [4.78, 5) is 5.76. The van der Waals surface area contributed by atoms with Crippen LogP contribution in [0.3, 0.4) is 0 Å². The zero-order valence-electron chi connectivity index (χ0n) is 33.5. The van der Waals surface area contributed by atoms with Gasteiger partial charge in [0.15, 0.2) is 0 Å². The number of benzene rings is 7. The summed E-state index contributed by atoms with van der Waals surface area (Å²) in [6, 6.07) is 51.6. The SMILES string of the molecule is CC1(C)c2cccc(-c3ccc(-c4ccc5c(c4)C(C)(C)c4ccc6c(c4-5)Sc4ccccc4[Si]6(C)C)cc3)c2Sc2c1ccc1c2-c2ccccc2C1(C)C. The third-order valence-electron chi connectivity index (χ3n) is 14.0. The van der Waals surface area contributed by atoms with Gasteiger partial charge in [-0.3, -0.25) is 0 Å². The van der Waals surface area contributed by atoms with Gasteiger partial charge in [0.05, 0.1) is 0 Å². The number of rotatable bonds is 2. The number of hydrogen-bond acceptors (Lipinski definition) is 2. The zero-order valence-corrected chi connectivity index (χ0v) is 36.2. The topological polar surface area (TPSA) is 0 Å². The fourth-order valence-electron chi connectivity index (χ4n) is 10.7. The number of fused-ring (bicyclic) bond motifs is 12. The summed E-state index contributed by atoms with van der Waals surface area (Å²) in [5.41, 5.74) is 19.3. The molecule has 0 radical (unpaired) electrons. The summed E-state index contributed by atoms with van der Waals surface area (Å²) in [5, 5.41) is 3.14. The van der Waals surface area contributed by atoms with Gasteiger partial charge in [0.1, 0.15) is 8.07 Å². The quantitative estimate of drug-likeness (QED) is 0.160. The van der Waals surface area contributed by atoms with Crippen molar-refractivity contribution in [2.75, 3.05) is 0 Å². The van der Waals surface area contributed by atoms with Gasteiger partial charge in [-0.1, -0.05) is 199 Å². The Morgan fingerprint density at radius 3 is 1.73 bits per heavy atom. The van der Waals surface area contributed by atoms with E-state index in [1.165, 1.54) is 97.5 Å². The van der Waals surface area contributed by atoms with E-state index in [9.17, 15) is 0 Å². The van der Waals surface area contributed by atoms with Crippen LogP contribution in [0.15, 0.2) is 153 Å². The first kappa shape index (κ1) is 34.7. The highest BCUT2D eigenvalue weighted by Crippen LogP contribution is 2.60. The Balaban J connectivity index is 0.973. The molecule has 56 heavy (non-hydrogen) atoms.